The van der Waals surface area contributed by atoms with E-state index in [0.29, 0.717) is 11.6 Å². The van der Waals surface area contributed by atoms with Gasteiger partial charge in [0.15, 0.2) is 11.6 Å². The number of hydrogen-bond donors (Lipinski definition) is 3. The molecule has 0 bridgehead atoms. The maximum Gasteiger partial charge on any atom is 0.292 e. The molecule has 126 valence electrons. The summed E-state index contributed by atoms with van der Waals surface area (Å²) >= 11 is 0. The van der Waals surface area contributed by atoms with Crippen LogP contribution < -0.4 is 5.32 Å². The molecule has 0 spiro atoms. The van der Waals surface area contributed by atoms with Gasteiger partial charge in [0, 0.05) is 11.5 Å². The topological polar surface area (TPSA) is 121 Å². The number of carbonyl (C=O) groups excluding carboxylic acids is 1. The number of carbonyl (C=O) groups is 2. The van der Waals surface area contributed by atoms with Crippen LogP contribution in [0.25, 0.3) is 11.0 Å². The lowest BCUT2D eigenvalue weighted by Gasteiger charge is -2.11. The minimum atomic E-state index is -0.347. The Bertz CT molecular complexity index is 812. The number of nitrogens with zero attached hydrogens (tertiary/aromatic N) is 2. The third-order valence-electron chi connectivity index (χ3n) is 3.10. The van der Waals surface area contributed by atoms with Gasteiger partial charge in [-0.25, -0.2) is 4.98 Å². The Balaban J connectivity index is 0.000000647. The van der Waals surface area contributed by atoms with Gasteiger partial charge in [-0.15, -0.1) is 0 Å². The average molecular weight is 330 g/mol. The summed E-state index contributed by atoms with van der Waals surface area (Å²) in [4.78, 5) is 27.7. The summed E-state index contributed by atoms with van der Waals surface area (Å²) in [6, 6.07) is 9.19. The van der Waals surface area contributed by atoms with Gasteiger partial charge in [0.25, 0.3) is 12.4 Å². The maximum absolute atomic E-state index is 12.2. The minimum absolute atomic E-state index is 0.157. The van der Waals surface area contributed by atoms with Gasteiger partial charge in [-0.05, 0) is 12.1 Å². The lowest BCUT2D eigenvalue weighted by molar-refractivity contribution is -0.122. The SMILES string of the molecule is CC(C)(C)c1cc(NC(=O)c2nc3ccccc3[nH]2)no1.O=CO. The molecular weight excluding hydrogens is 312 g/mol. The second-order valence-corrected chi connectivity index (χ2v) is 5.99. The van der Waals surface area contributed by atoms with Crippen LogP contribution in [-0.2, 0) is 10.2 Å². The number of H-pyrrole nitrogens is 1. The summed E-state index contributed by atoms with van der Waals surface area (Å²) < 4.78 is 5.23. The second kappa shape index (κ2) is 6.95. The quantitative estimate of drug-likeness (QED) is 0.621. The average Bonchev–Trinajstić information content (AvgIpc) is 3.13. The zero-order valence-electron chi connectivity index (χ0n) is 13.5. The molecule has 0 aliphatic rings. The minimum Gasteiger partial charge on any atom is -0.483 e. The van der Waals surface area contributed by atoms with E-state index in [2.05, 4.69) is 20.4 Å². The largest absolute Gasteiger partial charge is 0.483 e. The maximum atomic E-state index is 12.2. The van der Waals surface area contributed by atoms with Crippen molar-refractivity contribution in [2.75, 3.05) is 5.32 Å². The second-order valence-electron chi connectivity index (χ2n) is 5.99. The molecule has 1 amide bonds. The van der Waals surface area contributed by atoms with Crippen LogP contribution in [0.15, 0.2) is 34.9 Å². The van der Waals surface area contributed by atoms with E-state index < -0.39 is 0 Å². The number of aromatic nitrogens is 3. The third-order valence-corrected chi connectivity index (χ3v) is 3.10. The molecule has 0 atom stereocenters. The summed E-state index contributed by atoms with van der Waals surface area (Å²) in [6.45, 7) is 5.79. The van der Waals surface area contributed by atoms with Crippen molar-refractivity contribution >= 4 is 29.2 Å². The molecule has 3 N–H and O–H groups in total. The first kappa shape index (κ1) is 17.2. The van der Waals surface area contributed by atoms with E-state index in [4.69, 9.17) is 14.4 Å². The number of nitrogens with one attached hydrogen (secondary N) is 2. The predicted molar refractivity (Wildman–Crippen MR) is 87.9 cm³/mol. The van der Waals surface area contributed by atoms with E-state index in [1.165, 1.54) is 0 Å². The van der Waals surface area contributed by atoms with Gasteiger partial charge in [0.1, 0.15) is 5.76 Å². The summed E-state index contributed by atoms with van der Waals surface area (Å²) in [5, 5.41) is 13.4. The number of benzene rings is 1. The van der Waals surface area contributed by atoms with Crippen LogP contribution in [0.1, 0.15) is 37.2 Å². The summed E-state index contributed by atoms with van der Waals surface area (Å²) in [5.74, 6) is 0.990. The Morgan fingerprint density at radius 2 is 2.00 bits per heavy atom. The molecule has 3 rings (SSSR count). The van der Waals surface area contributed by atoms with E-state index in [9.17, 15) is 4.79 Å². The first-order valence-corrected chi connectivity index (χ1v) is 7.16. The van der Waals surface area contributed by atoms with Crippen LogP contribution in [0.2, 0.25) is 0 Å². The molecule has 3 aromatic rings. The highest BCUT2D eigenvalue weighted by Gasteiger charge is 2.21. The fraction of sp³-hybridized carbons (Fsp3) is 0.250. The molecule has 0 saturated carbocycles. The van der Waals surface area contributed by atoms with Crippen molar-refractivity contribution in [3.8, 4) is 0 Å². The molecule has 8 heteroatoms. The Labute approximate surface area is 137 Å². The molecule has 2 heterocycles. The van der Waals surface area contributed by atoms with Crippen molar-refractivity contribution in [1.29, 1.82) is 0 Å². The van der Waals surface area contributed by atoms with Gasteiger partial charge < -0.3 is 19.9 Å². The Hall–Kier alpha value is -3.16. The molecule has 8 nitrogen and oxygen atoms in total. The molecule has 0 saturated heterocycles. The predicted octanol–water partition coefficient (Wildman–Crippen LogP) is 2.80. The summed E-state index contributed by atoms with van der Waals surface area (Å²) in [7, 11) is 0. The van der Waals surface area contributed by atoms with Crippen LogP contribution in [-0.4, -0.2) is 32.6 Å². The lowest BCUT2D eigenvalue weighted by Crippen LogP contribution is -2.14. The van der Waals surface area contributed by atoms with E-state index in [1.54, 1.807) is 6.07 Å². The Morgan fingerprint density at radius 1 is 1.33 bits per heavy atom. The van der Waals surface area contributed by atoms with Crippen molar-refractivity contribution in [3.05, 3.63) is 41.9 Å². The summed E-state index contributed by atoms with van der Waals surface area (Å²) in [6.07, 6.45) is 0. The molecule has 0 fully saturated rings. The molecule has 0 aliphatic carbocycles. The monoisotopic (exact) mass is 330 g/mol. The fourth-order valence-electron chi connectivity index (χ4n) is 1.92. The molecule has 1 aromatic carbocycles. The zero-order chi connectivity index (χ0) is 17.7. The standard InChI is InChI=1S/C15H16N4O2.CH2O2/c1-15(2,3)11-8-12(19-21-11)18-14(20)13-16-9-6-4-5-7-10(9)17-13;2-1-3/h4-8H,1-3H3,(H,16,17)(H,18,19,20);1H,(H,2,3). The first-order chi connectivity index (χ1) is 11.3. The zero-order valence-corrected chi connectivity index (χ0v) is 13.5. The van der Waals surface area contributed by atoms with Gasteiger partial charge in [-0.3, -0.25) is 9.59 Å². The van der Waals surface area contributed by atoms with E-state index in [-0.39, 0.29) is 23.6 Å². The number of anilines is 1. The molecule has 24 heavy (non-hydrogen) atoms. The van der Waals surface area contributed by atoms with Crippen LogP contribution in [0.4, 0.5) is 5.82 Å². The van der Waals surface area contributed by atoms with Crippen LogP contribution in [0.3, 0.4) is 0 Å². The van der Waals surface area contributed by atoms with Gasteiger partial charge in [0.2, 0.25) is 0 Å². The van der Waals surface area contributed by atoms with Crippen molar-refractivity contribution in [3.63, 3.8) is 0 Å². The van der Waals surface area contributed by atoms with Gasteiger partial charge in [-0.2, -0.15) is 0 Å². The van der Waals surface area contributed by atoms with Crippen LogP contribution in [0.5, 0.6) is 0 Å². The van der Waals surface area contributed by atoms with Crippen molar-refractivity contribution < 1.29 is 19.2 Å². The highest BCUT2D eigenvalue weighted by atomic mass is 16.5. The molecule has 2 aromatic heterocycles. The highest BCUT2D eigenvalue weighted by Crippen LogP contribution is 2.24. The number of carboxylic acid groups (broad SMARTS) is 1. The number of fused-ring (bicyclic) bond motifs is 1. The van der Waals surface area contributed by atoms with Gasteiger partial charge >= 0.3 is 0 Å². The molecule has 0 radical (unpaired) electrons. The number of rotatable bonds is 2. The van der Waals surface area contributed by atoms with Crippen molar-refractivity contribution in [2.45, 2.75) is 26.2 Å². The number of amides is 1. The van der Waals surface area contributed by atoms with E-state index in [1.807, 2.05) is 45.0 Å². The van der Waals surface area contributed by atoms with Gasteiger partial charge in [-0.1, -0.05) is 38.1 Å². The highest BCUT2D eigenvalue weighted by molar-refractivity contribution is 6.02. The third kappa shape index (κ3) is 3.97. The molecule has 0 aliphatic heterocycles. The van der Waals surface area contributed by atoms with E-state index in [0.717, 1.165) is 11.0 Å². The number of aromatic amines is 1. The Kier molecular flexibility index (Phi) is 4.98. The first-order valence-electron chi connectivity index (χ1n) is 7.16. The molecular formula is C16H18N4O4. The normalized spacial score (nSPS) is 10.8. The molecule has 0 unspecified atom stereocenters. The fourth-order valence-corrected chi connectivity index (χ4v) is 1.92. The lowest BCUT2D eigenvalue weighted by atomic mass is 9.93. The Morgan fingerprint density at radius 3 is 2.58 bits per heavy atom. The van der Waals surface area contributed by atoms with Crippen LogP contribution in [0, 0.1) is 0 Å². The van der Waals surface area contributed by atoms with Crippen LogP contribution >= 0.6 is 0 Å². The van der Waals surface area contributed by atoms with E-state index >= 15 is 0 Å². The van der Waals surface area contributed by atoms with Crippen molar-refractivity contribution in [2.24, 2.45) is 0 Å². The summed E-state index contributed by atoms with van der Waals surface area (Å²) in [5.41, 5.74) is 1.41. The number of imidazole rings is 1. The van der Waals surface area contributed by atoms with Crippen molar-refractivity contribution in [1.82, 2.24) is 15.1 Å². The smallest absolute Gasteiger partial charge is 0.292 e. The number of hydrogen-bond acceptors (Lipinski definition) is 5. The van der Waals surface area contributed by atoms with Gasteiger partial charge in [0.05, 0.1) is 11.0 Å². The number of para-hydroxylation sites is 2.